The van der Waals surface area contributed by atoms with Gasteiger partial charge in [0.05, 0.1) is 5.41 Å². The van der Waals surface area contributed by atoms with E-state index in [1.54, 1.807) is 10.9 Å². The van der Waals surface area contributed by atoms with Gasteiger partial charge in [-0.15, -0.1) is 0 Å². The molecular weight excluding hydrogens is 380 g/mol. The van der Waals surface area contributed by atoms with E-state index in [4.69, 9.17) is 4.74 Å². The fourth-order valence-corrected chi connectivity index (χ4v) is 3.82. The Morgan fingerprint density at radius 1 is 1.13 bits per heavy atom. The molecule has 1 aromatic carbocycles. The summed E-state index contributed by atoms with van der Waals surface area (Å²) in [6, 6.07) is 13.7. The number of benzene rings is 1. The van der Waals surface area contributed by atoms with Crippen molar-refractivity contribution < 1.29 is 9.53 Å². The van der Waals surface area contributed by atoms with E-state index in [-0.39, 0.29) is 5.91 Å². The lowest BCUT2D eigenvalue weighted by atomic mass is 9.73. The fraction of sp³-hybridized carbons (Fsp3) is 0.364. The van der Waals surface area contributed by atoms with E-state index in [1.807, 2.05) is 55.6 Å². The lowest BCUT2D eigenvalue weighted by Gasteiger charge is -2.36. The van der Waals surface area contributed by atoms with Crippen LogP contribution in [-0.4, -0.2) is 52.0 Å². The number of ether oxygens (including phenoxy) is 1. The maximum atomic E-state index is 13.2. The van der Waals surface area contributed by atoms with Gasteiger partial charge in [-0.05, 0) is 31.4 Å². The number of hydrogen-bond donors (Lipinski definition) is 2. The maximum Gasteiger partial charge on any atom is 0.230 e. The van der Waals surface area contributed by atoms with Crippen molar-refractivity contribution in [2.24, 2.45) is 0 Å². The number of hydrogen-bond acceptors (Lipinski definition) is 6. The van der Waals surface area contributed by atoms with Gasteiger partial charge in [-0.2, -0.15) is 5.10 Å². The van der Waals surface area contributed by atoms with Crippen molar-refractivity contribution in [2.75, 3.05) is 31.6 Å². The summed E-state index contributed by atoms with van der Waals surface area (Å²) < 4.78 is 7.21. The molecular formula is C22H26N6O2. The van der Waals surface area contributed by atoms with Crippen molar-refractivity contribution in [1.29, 1.82) is 0 Å². The summed E-state index contributed by atoms with van der Waals surface area (Å²) in [5, 5.41) is 10.6. The first-order valence-electron chi connectivity index (χ1n) is 10.2. The van der Waals surface area contributed by atoms with Crippen LogP contribution < -0.4 is 10.6 Å². The minimum Gasteiger partial charge on any atom is -0.381 e. The number of amides is 1. The molecule has 2 N–H and O–H groups in total. The van der Waals surface area contributed by atoms with E-state index in [0.717, 1.165) is 5.56 Å². The second kappa shape index (κ2) is 9.04. The molecule has 156 valence electrons. The van der Waals surface area contributed by atoms with Gasteiger partial charge in [-0.1, -0.05) is 30.3 Å². The molecule has 3 aromatic rings. The molecule has 0 aliphatic carbocycles. The number of nitrogens with one attached hydrogen (secondary N) is 2. The highest BCUT2D eigenvalue weighted by molar-refractivity contribution is 5.88. The van der Waals surface area contributed by atoms with Crippen LogP contribution in [-0.2, 0) is 14.9 Å². The van der Waals surface area contributed by atoms with Crippen LogP contribution in [0.5, 0.6) is 0 Å². The molecule has 4 rings (SSSR count). The zero-order valence-corrected chi connectivity index (χ0v) is 17.0. The summed E-state index contributed by atoms with van der Waals surface area (Å²) in [5.74, 6) is 2.10. The quantitative estimate of drug-likeness (QED) is 0.585. The first kappa shape index (κ1) is 20.0. The molecule has 0 unspecified atom stereocenters. The molecule has 0 bridgehead atoms. The van der Waals surface area contributed by atoms with Gasteiger partial charge in [0.25, 0.3) is 0 Å². The number of rotatable bonds is 7. The molecule has 0 atom stereocenters. The Kier molecular flexibility index (Phi) is 6.04. The molecule has 1 aliphatic heterocycles. The van der Waals surface area contributed by atoms with Gasteiger partial charge in [-0.3, -0.25) is 4.79 Å². The van der Waals surface area contributed by atoms with Crippen molar-refractivity contribution in [2.45, 2.75) is 25.2 Å². The number of carbonyl (C=O) groups excluding carboxylic acids is 1. The molecule has 0 radical (unpaired) electrons. The van der Waals surface area contributed by atoms with Crippen LogP contribution in [0.4, 0.5) is 5.82 Å². The third kappa shape index (κ3) is 4.33. The van der Waals surface area contributed by atoms with Gasteiger partial charge in [0.2, 0.25) is 5.91 Å². The molecule has 0 spiro atoms. The van der Waals surface area contributed by atoms with Crippen molar-refractivity contribution >= 4 is 11.7 Å². The van der Waals surface area contributed by atoms with Crippen molar-refractivity contribution in [3.05, 3.63) is 66.2 Å². The fourth-order valence-electron chi connectivity index (χ4n) is 3.82. The van der Waals surface area contributed by atoms with Crippen molar-refractivity contribution in [3.63, 3.8) is 0 Å². The van der Waals surface area contributed by atoms with Gasteiger partial charge in [0.15, 0.2) is 5.82 Å². The van der Waals surface area contributed by atoms with E-state index in [2.05, 4.69) is 25.7 Å². The van der Waals surface area contributed by atoms with Crippen LogP contribution in [0.25, 0.3) is 5.82 Å². The van der Waals surface area contributed by atoms with Gasteiger partial charge in [0, 0.05) is 44.8 Å². The average Bonchev–Trinajstić information content (AvgIpc) is 3.32. The van der Waals surface area contributed by atoms with Crippen LogP contribution >= 0.6 is 0 Å². The minimum absolute atomic E-state index is 0.0508. The van der Waals surface area contributed by atoms with Gasteiger partial charge in [0.1, 0.15) is 11.6 Å². The van der Waals surface area contributed by atoms with Crippen LogP contribution in [0, 0.1) is 6.92 Å². The molecule has 1 fully saturated rings. The topological polar surface area (TPSA) is 94.0 Å². The molecule has 8 heteroatoms. The summed E-state index contributed by atoms with van der Waals surface area (Å²) in [6.07, 6.45) is 4.92. The summed E-state index contributed by atoms with van der Waals surface area (Å²) in [5.41, 5.74) is 0.521. The zero-order valence-electron chi connectivity index (χ0n) is 17.0. The Bertz CT molecular complexity index is 969. The molecule has 1 amide bonds. The molecule has 1 aliphatic rings. The molecule has 0 saturated carbocycles. The van der Waals surface area contributed by atoms with E-state index >= 15 is 0 Å². The molecule has 1 saturated heterocycles. The maximum absolute atomic E-state index is 13.2. The molecule has 2 aromatic heterocycles. The highest BCUT2D eigenvalue weighted by Gasteiger charge is 2.41. The zero-order chi connectivity index (χ0) is 20.8. The standard InChI is InChI=1S/C22H26N6O2/c1-17-26-19(16-20(27-17)28-13-5-10-25-28)23-11-12-24-21(29)22(8-14-30-15-9-22)18-6-3-2-4-7-18/h2-7,10,13,16H,8-9,11-12,14-15H2,1H3,(H,24,29)(H,23,26,27). The predicted molar refractivity (Wildman–Crippen MR) is 114 cm³/mol. The summed E-state index contributed by atoms with van der Waals surface area (Å²) in [7, 11) is 0. The molecule has 30 heavy (non-hydrogen) atoms. The molecule has 8 nitrogen and oxygen atoms in total. The summed E-state index contributed by atoms with van der Waals surface area (Å²) in [6.45, 7) is 4.08. The number of carbonyl (C=O) groups is 1. The second-order valence-electron chi connectivity index (χ2n) is 7.35. The largest absolute Gasteiger partial charge is 0.381 e. The average molecular weight is 406 g/mol. The van der Waals surface area contributed by atoms with Gasteiger partial charge < -0.3 is 15.4 Å². The van der Waals surface area contributed by atoms with Crippen LogP contribution in [0.2, 0.25) is 0 Å². The Morgan fingerprint density at radius 2 is 1.93 bits per heavy atom. The minimum atomic E-state index is -0.529. The van der Waals surface area contributed by atoms with E-state index in [0.29, 0.717) is 56.6 Å². The Hall–Kier alpha value is -3.26. The lowest BCUT2D eigenvalue weighted by molar-refractivity contribution is -0.130. The Morgan fingerprint density at radius 3 is 2.67 bits per heavy atom. The first-order valence-corrected chi connectivity index (χ1v) is 10.2. The number of nitrogens with zero attached hydrogens (tertiary/aromatic N) is 4. The lowest BCUT2D eigenvalue weighted by Crippen LogP contribution is -2.49. The second-order valence-corrected chi connectivity index (χ2v) is 7.35. The Labute approximate surface area is 175 Å². The highest BCUT2D eigenvalue weighted by atomic mass is 16.5. The van der Waals surface area contributed by atoms with E-state index in [1.165, 1.54) is 0 Å². The van der Waals surface area contributed by atoms with E-state index < -0.39 is 5.41 Å². The summed E-state index contributed by atoms with van der Waals surface area (Å²) in [4.78, 5) is 22.0. The van der Waals surface area contributed by atoms with Crippen LogP contribution in [0.3, 0.4) is 0 Å². The first-order chi connectivity index (χ1) is 14.7. The smallest absolute Gasteiger partial charge is 0.230 e. The number of anilines is 1. The number of aryl methyl sites for hydroxylation is 1. The monoisotopic (exact) mass is 406 g/mol. The third-order valence-corrected chi connectivity index (χ3v) is 5.39. The van der Waals surface area contributed by atoms with E-state index in [9.17, 15) is 4.79 Å². The third-order valence-electron chi connectivity index (χ3n) is 5.39. The van der Waals surface area contributed by atoms with Crippen LogP contribution in [0.15, 0.2) is 54.9 Å². The van der Waals surface area contributed by atoms with Crippen molar-refractivity contribution in [1.82, 2.24) is 25.1 Å². The number of aromatic nitrogens is 4. The SMILES string of the molecule is Cc1nc(NCCNC(=O)C2(c3ccccc3)CCOCC2)cc(-n2cccn2)n1. The van der Waals surface area contributed by atoms with Gasteiger partial charge >= 0.3 is 0 Å². The Balaban J connectivity index is 1.37. The molecule has 3 heterocycles. The van der Waals surface area contributed by atoms with Crippen LogP contribution in [0.1, 0.15) is 24.2 Å². The predicted octanol–water partition coefficient (Wildman–Crippen LogP) is 2.25. The summed E-state index contributed by atoms with van der Waals surface area (Å²) >= 11 is 0. The highest BCUT2D eigenvalue weighted by Crippen LogP contribution is 2.35. The van der Waals surface area contributed by atoms with Gasteiger partial charge in [-0.25, -0.2) is 14.6 Å². The normalized spacial score (nSPS) is 15.5. The van der Waals surface area contributed by atoms with Crippen molar-refractivity contribution in [3.8, 4) is 5.82 Å².